The molecule has 0 radical (unpaired) electrons. The van der Waals surface area contributed by atoms with Gasteiger partial charge in [0.1, 0.15) is 0 Å². The van der Waals surface area contributed by atoms with Crippen LogP contribution in [-0.4, -0.2) is 48.7 Å². The molecule has 0 aromatic heterocycles. The maximum atomic E-state index is 12.3. The number of carbonyl (C=O) groups excluding carboxylic acids is 2. The van der Waals surface area contributed by atoms with Crippen molar-refractivity contribution in [1.82, 2.24) is 4.90 Å². The predicted octanol–water partition coefficient (Wildman–Crippen LogP) is 0.509. The van der Waals surface area contributed by atoms with E-state index < -0.39 is 24.7 Å². The first kappa shape index (κ1) is 10.7. The van der Waals surface area contributed by atoms with Crippen molar-refractivity contribution in [3.8, 4) is 0 Å². The molecule has 8 heteroatoms. The summed E-state index contributed by atoms with van der Waals surface area (Å²) >= 11 is 0. The van der Waals surface area contributed by atoms with Gasteiger partial charge in [0.15, 0.2) is 0 Å². The van der Waals surface area contributed by atoms with Gasteiger partial charge in [-0.2, -0.15) is 9.69 Å². The van der Waals surface area contributed by atoms with Crippen LogP contribution >= 0.6 is 0 Å². The smallest absolute Gasteiger partial charge is 0.448 e. The summed E-state index contributed by atoms with van der Waals surface area (Å²) in [5.74, 6) is -3.39. The van der Waals surface area contributed by atoms with Gasteiger partial charge in [0.05, 0.1) is 26.1 Å². The average Bonchev–Trinajstić information content (AvgIpc) is 2.06. The maximum absolute atomic E-state index is 12.3. The van der Waals surface area contributed by atoms with E-state index in [0.29, 0.717) is 11.1 Å². The first-order valence-electron chi connectivity index (χ1n) is 3.84. The second-order valence-electron chi connectivity index (χ2n) is 3.09. The van der Waals surface area contributed by atoms with Crippen LogP contribution in [0.1, 0.15) is 0 Å². The Morgan fingerprint density at radius 3 is 2.36 bits per heavy atom. The lowest BCUT2D eigenvalue weighted by Gasteiger charge is -2.25. The highest BCUT2D eigenvalue weighted by Gasteiger charge is 2.49. The van der Waals surface area contributed by atoms with E-state index in [1.165, 1.54) is 7.05 Å². The fourth-order valence-electron chi connectivity index (χ4n) is 1.18. The minimum Gasteiger partial charge on any atom is -0.448 e. The van der Waals surface area contributed by atoms with Gasteiger partial charge in [0.25, 0.3) is 5.91 Å². The van der Waals surface area contributed by atoms with Crippen molar-refractivity contribution < 1.29 is 27.1 Å². The molecule has 0 saturated heterocycles. The summed E-state index contributed by atoms with van der Waals surface area (Å²) in [6, 6.07) is -0.758. The van der Waals surface area contributed by atoms with E-state index >= 15 is 0 Å². The van der Waals surface area contributed by atoms with Crippen LogP contribution in [-0.2, 0) is 4.79 Å². The Morgan fingerprint density at radius 2 is 1.93 bits per heavy atom. The lowest BCUT2D eigenvalue weighted by Crippen LogP contribution is -2.51. The van der Waals surface area contributed by atoms with Gasteiger partial charge in [-0.3, -0.25) is 0 Å². The van der Waals surface area contributed by atoms with Crippen molar-refractivity contribution in [1.29, 1.82) is 0 Å². The van der Waals surface area contributed by atoms with E-state index in [-0.39, 0.29) is 0 Å². The maximum Gasteiger partial charge on any atom is 0.500 e. The van der Waals surface area contributed by atoms with Gasteiger partial charge in [-0.05, 0) is 0 Å². The van der Waals surface area contributed by atoms with Crippen molar-refractivity contribution in [3.05, 3.63) is 0 Å². The van der Waals surface area contributed by atoms with E-state index in [4.69, 9.17) is 0 Å². The van der Waals surface area contributed by atoms with Crippen molar-refractivity contribution >= 4 is 25.1 Å². The summed E-state index contributed by atoms with van der Waals surface area (Å²) in [5, 5.41) is 0. The molecule has 0 aromatic carbocycles. The molecule has 0 aliphatic carbocycles. The normalized spacial score (nSPS) is 23.9. The number of carbonyl (C=O) groups is 2. The molecule has 3 amide bonds. The van der Waals surface area contributed by atoms with Crippen molar-refractivity contribution in [2.75, 3.05) is 14.1 Å². The minimum absolute atomic E-state index is 0.472. The molecule has 1 atom stereocenters. The Kier molecular flexibility index (Phi) is 2.38. The number of hydrogen-bond acceptors (Lipinski definition) is 2. The first-order chi connectivity index (χ1) is 6.25. The summed E-state index contributed by atoms with van der Waals surface area (Å²) in [6.45, 7) is -5.29. The van der Waals surface area contributed by atoms with E-state index in [9.17, 15) is 22.5 Å². The van der Waals surface area contributed by atoms with Gasteiger partial charge in [-0.15, -0.1) is 0 Å². The van der Waals surface area contributed by atoms with Crippen molar-refractivity contribution in [3.63, 3.8) is 0 Å². The SMILES string of the molecule is CN1C(=O)C([B-](F)(F)F)C=[N+](C)C1=O. The zero-order chi connectivity index (χ0) is 11.1. The largest absolute Gasteiger partial charge is 0.500 e. The summed E-state index contributed by atoms with van der Waals surface area (Å²) in [6.07, 6.45) is 0.602. The molecule has 1 aliphatic rings. The molecule has 0 fully saturated rings. The molecule has 14 heavy (non-hydrogen) atoms. The molecular formula is C6H8BF3N2O2. The Morgan fingerprint density at radius 1 is 1.43 bits per heavy atom. The van der Waals surface area contributed by atoms with Gasteiger partial charge in [-0.25, -0.2) is 9.37 Å². The van der Waals surface area contributed by atoms with Gasteiger partial charge >= 0.3 is 13.0 Å². The minimum atomic E-state index is -5.29. The van der Waals surface area contributed by atoms with Crippen LogP contribution in [0.3, 0.4) is 0 Å². The van der Waals surface area contributed by atoms with Crippen molar-refractivity contribution in [2.24, 2.45) is 0 Å². The van der Waals surface area contributed by atoms with Gasteiger partial charge < -0.3 is 12.9 Å². The van der Waals surface area contributed by atoms with Gasteiger partial charge in [-0.1, -0.05) is 0 Å². The number of rotatable bonds is 1. The first-order valence-corrected chi connectivity index (χ1v) is 3.84. The molecule has 1 heterocycles. The van der Waals surface area contributed by atoms with E-state index in [0.717, 1.165) is 11.6 Å². The Labute approximate surface area is 78.0 Å². The molecule has 0 N–H and O–H groups in total. The second kappa shape index (κ2) is 3.11. The van der Waals surface area contributed by atoms with Gasteiger partial charge in [0.2, 0.25) is 0 Å². The lowest BCUT2D eigenvalue weighted by molar-refractivity contribution is -0.399. The Balaban J connectivity index is 3.12. The standard InChI is InChI=1S/C6H8BF3N2O2/c1-11-3-4(7(8,9)10)5(13)12(2)6(11)14/h3-4H,1-2H3. The predicted molar refractivity (Wildman–Crippen MR) is 43.2 cm³/mol. The molecule has 0 bridgehead atoms. The molecule has 0 aromatic rings. The Bertz CT molecular complexity index is 326. The monoisotopic (exact) mass is 208 g/mol. The number of amides is 3. The van der Waals surface area contributed by atoms with E-state index in [1.807, 2.05) is 0 Å². The fraction of sp³-hybridized carbons (Fsp3) is 0.500. The van der Waals surface area contributed by atoms with Crippen LogP contribution < -0.4 is 0 Å². The lowest BCUT2D eigenvalue weighted by atomic mass is 9.72. The summed E-state index contributed by atoms with van der Waals surface area (Å²) in [5.41, 5.74) is 0. The summed E-state index contributed by atoms with van der Waals surface area (Å²) < 4.78 is 37.7. The zero-order valence-corrected chi connectivity index (χ0v) is 7.58. The molecule has 0 spiro atoms. The van der Waals surface area contributed by atoms with Crippen LogP contribution in [0.4, 0.5) is 17.7 Å². The number of urea groups is 1. The third kappa shape index (κ3) is 1.64. The number of halogens is 3. The number of hydrogen-bond donors (Lipinski definition) is 0. The second-order valence-corrected chi connectivity index (χ2v) is 3.09. The third-order valence-electron chi connectivity index (χ3n) is 2.00. The van der Waals surface area contributed by atoms with Gasteiger partial charge in [0, 0.05) is 0 Å². The highest BCUT2D eigenvalue weighted by Crippen LogP contribution is 2.28. The Hall–Kier alpha value is -1.34. The molecule has 1 unspecified atom stereocenters. The van der Waals surface area contributed by atoms with Crippen LogP contribution in [0.2, 0.25) is 5.82 Å². The highest BCUT2D eigenvalue weighted by molar-refractivity contribution is 6.68. The van der Waals surface area contributed by atoms with Crippen LogP contribution in [0.25, 0.3) is 0 Å². The molecule has 1 aliphatic heterocycles. The molecular weight excluding hydrogens is 200 g/mol. The third-order valence-corrected chi connectivity index (χ3v) is 2.00. The van der Waals surface area contributed by atoms with E-state index in [1.54, 1.807) is 0 Å². The van der Waals surface area contributed by atoms with Crippen molar-refractivity contribution in [2.45, 2.75) is 5.82 Å². The molecule has 78 valence electrons. The number of imide groups is 1. The van der Waals surface area contributed by atoms with Crippen LogP contribution in [0.15, 0.2) is 0 Å². The fourth-order valence-corrected chi connectivity index (χ4v) is 1.18. The highest BCUT2D eigenvalue weighted by atomic mass is 19.4. The van der Waals surface area contributed by atoms with E-state index in [2.05, 4.69) is 0 Å². The topological polar surface area (TPSA) is 40.4 Å². The van der Waals surface area contributed by atoms with Crippen LogP contribution in [0.5, 0.6) is 0 Å². The average molecular weight is 208 g/mol. The summed E-state index contributed by atoms with van der Waals surface area (Å²) in [4.78, 5) is 22.6. The molecule has 1 rings (SSSR count). The molecule has 4 nitrogen and oxygen atoms in total. The summed E-state index contributed by atoms with van der Waals surface area (Å²) in [7, 11) is 2.21. The zero-order valence-electron chi connectivity index (χ0n) is 7.58. The van der Waals surface area contributed by atoms with Crippen LogP contribution in [0, 0.1) is 0 Å². The quantitative estimate of drug-likeness (QED) is 0.465. The molecule has 0 saturated carbocycles. The number of nitrogens with zero attached hydrogens (tertiary/aromatic N) is 2.